The van der Waals surface area contributed by atoms with Gasteiger partial charge in [0.25, 0.3) is 5.91 Å². The van der Waals surface area contributed by atoms with Crippen LogP contribution in [0.25, 0.3) is 0 Å². The van der Waals surface area contributed by atoms with E-state index in [9.17, 15) is 4.79 Å². The molecule has 0 aliphatic carbocycles. The van der Waals surface area contributed by atoms with Gasteiger partial charge >= 0.3 is 0 Å². The number of carbonyl (C=O) groups is 1. The fraction of sp³-hybridized carbons (Fsp3) is 0.438. The van der Waals surface area contributed by atoms with Crippen molar-refractivity contribution in [1.82, 2.24) is 5.32 Å². The lowest BCUT2D eigenvalue weighted by Gasteiger charge is -2.10. The summed E-state index contributed by atoms with van der Waals surface area (Å²) in [4.78, 5) is 12.1. The molecule has 0 aliphatic rings. The Kier molecular flexibility index (Phi) is 6.11. The molecular formula is C16H22N2O. The molecule has 0 saturated carbocycles. The van der Waals surface area contributed by atoms with E-state index in [1.54, 1.807) is 0 Å². The molecule has 3 nitrogen and oxygen atoms in total. The van der Waals surface area contributed by atoms with Crippen molar-refractivity contribution in [2.45, 2.75) is 27.2 Å². The molecule has 1 amide bonds. The Balaban J connectivity index is 2.80. The minimum atomic E-state index is -0.0328. The lowest BCUT2D eigenvalue weighted by Crippen LogP contribution is -2.26. The summed E-state index contributed by atoms with van der Waals surface area (Å²) < 4.78 is 0. The van der Waals surface area contributed by atoms with Crippen LogP contribution in [0.2, 0.25) is 0 Å². The quantitative estimate of drug-likeness (QED) is 0.812. The Labute approximate surface area is 115 Å². The highest BCUT2D eigenvalue weighted by Gasteiger charge is 2.10. The predicted molar refractivity (Wildman–Crippen MR) is 78.9 cm³/mol. The minimum absolute atomic E-state index is 0.0328. The number of benzene rings is 1. The average Bonchev–Trinajstić information content (AvgIpc) is 2.37. The monoisotopic (exact) mass is 258 g/mol. The van der Waals surface area contributed by atoms with E-state index in [0.717, 1.165) is 17.5 Å². The van der Waals surface area contributed by atoms with Crippen LogP contribution in [-0.4, -0.2) is 19.0 Å². The summed E-state index contributed by atoms with van der Waals surface area (Å²) in [6.07, 6.45) is 0.984. The molecule has 3 N–H and O–H groups in total. The zero-order valence-electron chi connectivity index (χ0n) is 11.9. The average molecular weight is 258 g/mol. The van der Waals surface area contributed by atoms with Crippen LogP contribution in [-0.2, 0) is 0 Å². The highest BCUT2D eigenvalue weighted by atomic mass is 16.1. The first-order valence-electron chi connectivity index (χ1n) is 6.63. The molecule has 0 spiro atoms. The fourth-order valence-corrected chi connectivity index (χ4v) is 1.73. The van der Waals surface area contributed by atoms with Gasteiger partial charge in [-0.15, -0.1) is 0 Å². The molecule has 0 saturated heterocycles. The minimum Gasteiger partial charge on any atom is -0.352 e. The fourth-order valence-electron chi connectivity index (χ4n) is 1.73. The molecule has 1 rings (SSSR count). The third-order valence-corrected chi connectivity index (χ3v) is 2.91. The van der Waals surface area contributed by atoms with Crippen molar-refractivity contribution in [2.24, 2.45) is 11.7 Å². The smallest absolute Gasteiger partial charge is 0.251 e. The van der Waals surface area contributed by atoms with Gasteiger partial charge < -0.3 is 11.1 Å². The number of hydrogen-bond acceptors (Lipinski definition) is 2. The van der Waals surface area contributed by atoms with E-state index in [4.69, 9.17) is 5.73 Å². The number of nitrogens with one attached hydrogen (secondary N) is 1. The van der Waals surface area contributed by atoms with Crippen molar-refractivity contribution in [3.8, 4) is 11.8 Å². The topological polar surface area (TPSA) is 55.1 Å². The molecule has 0 aromatic heterocycles. The highest BCUT2D eigenvalue weighted by molar-refractivity contribution is 5.96. The Morgan fingerprint density at radius 3 is 2.79 bits per heavy atom. The van der Waals surface area contributed by atoms with Crippen LogP contribution in [0.15, 0.2) is 18.2 Å². The molecule has 0 bridgehead atoms. The summed E-state index contributed by atoms with van der Waals surface area (Å²) in [6, 6.07) is 5.58. The van der Waals surface area contributed by atoms with Crippen LogP contribution >= 0.6 is 0 Å². The summed E-state index contributed by atoms with van der Waals surface area (Å²) >= 11 is 0. The summed E-state index contributed by atoms with van der Waals surface area (Å²) in [5.74, 6) is 6.36. The van der Waals surface area contributed by atoms with Gasteiger partial charge in [0.2, 0.25) is 0 Å². The first kappa shape index (κ1) is 15.3. The molecule has 0 fully saturated rings. The van der Waals surface area contributed by atoms with Gasteiger partial charge in [0.05, 0.1) is 6.54 Å². The lowest BCUT2D eigenvalue weighted by molar-refractivity contribution is 0.0951. The zero-order valence-corrected chi connectivity index (χ0v) is 11.9. The SMILES string of the molecule is Cc1c(C#CCN)cccc1C(=O)NCCC(C)C. The van der Waals surface area contributed by atoms with Gasteiger partial charge in [-0.2, -0.15) is 0 Å². The second kappa shape index (κ2) is 7.60. The van der Waals surface area contributed by atoms with Crippen molar-refractivity contribution >= 4 is 5.91 Å². The molecule has 19 heavy (non-hydrogen) atoms. The number of nitrogens with two attached hydrogens (primary N) is 1. The van der Waals surface area contributed by atoms with Gasteiger partial charge in [-0.25, -0.2) is 0 Å². The third-order valence-electron chi connectivity index (χ3n) is 2.91. The summed E-state index contributed by atoms with van der Waals surface area (Å²) in [5.41, 5.74) is 7.82. The van der Waals surface area contributed by atoms with Crippen molar-refractivity contribution in [3.05, 3.63) is 34.9 Å². The van der Waals surface area contributed by atoms with E-state index < -0.39 is 0 Å². The van der Waals surface area contributed by atoms with Gasteiger partial charge in [0.1, 0.15) is 0 Å². The van der Waals surface area contributed by atoms with Gasteiger partial charge in [-0.3, -0.25) is 4.79 Å². The number of hydrogen-bond donors (Lipinski definition) is 2. The zero-order chi connectivity index (χ0) is 14.3. The summed E-state index contributed by atoms with van der Waals surface area (Å²) in [6.45, 7) is 7.22. The molecule has 0 unspecified atom stereocenters. The third kappa shape index (κ3) is 4.76. The maximum Gasteiger partial charge on any atom is 0.251 e. The standard InChI is InChI=1S/C16H22N2O/c1-12(2)9-11-18-16(19)15-8-4-6-14(13(15)3)7-5-10-17/h4,6,8,12H,9-11,17H2,1-3H3,(H,18,19). The molecule has 0 heterocycles. The maximum atomic E-state index is 12.1. The van der Waals surface area contributed by atoms with Gasteiger partial charge in [-0.05, 0) is 37.0 Å². The van der Waals surface area contributed by atoms with Crippen LogP contribution in [0.5, 0.6) is 0 Å². The van der Waals surface area contributed by atoms with Crippen molar-refractivity contribution in [3.63, 3.8) is 0 Å². The van der Waals surface area contributed by atoms with E-state index in [-0.39, 0.29) is 5.91 Å². The van der Waals surface area contributed by atoms with Gasteiger partial charge in [0.15, 0.2) is 0 Å². The van der Waals surface area contributed by atoms with E-state index in [2.05, 4.69) is 31.0 Å². The van der Waals surface area contributed by atoms with E-state index >= 15 is 0 Å². The first-order valence-corrected chi connectivity index (χ1v) is 6.63. The highest BCUT2D eigenvalue weighted by Crippen LogP contribution is 2.13. The Morgan fingerprint density at radius 1 is 1.42 bits per heavy atom. The molecule has 0 aliphatic heterocycles. The lowest BCUT2D eigenvalue weighted by atomic mass is 10.0. The van der Waals surface area contributed by atoms with Gasteiger partial charge in [-0.1, -0.05) is 31.8 Å². The molecular weight excluding hydrogens is 236 g/mol. The summed E-state index contributed by atoms with van der Waals surface area (Å²) in [5, 5.41) is 2.94. The van der Waals surface area contributed by atoms with E-state index in [1.165, 1.54) is 0 Å². The van der Waals surface area contributed by atoms with Crippen LogP contribution in [0.4, 0.5) is 0 Å². The largest absolute Gasteiger partial charge is 0.352 e. The normalized spacial score (nSPS) is 9.95. The molecule has 0 atom stereocenters. The molecule has 0 radical (unpaired) electrons. The molecule has 1 aromatic carbocycles. The summed E-state index contributed by atoms with van der Waals surface area (Å²) in [7, 11) is 0. The van der Waals surface area contributed by atoms with Crippen LogP contribution < -0.4 is 11.1 Å². The van der Waals surface area contributed by atoms with Crippen molar-refractivity contribution in [1.29, 1.82) is 0 Å². The van der Waals surface area contributed by atoms with Gasteiger partial charge in [0, 0.05) is 17.7 Å². The number of amides is 1. The Hall–Kier alpha value is -1.79. The first-order chi connectivity index (χ1) is 9.06. The second-order valence-corrected chi connectivity index (χ2v) is 4.92. The van der Waals surface area contributed by atoms with Crippen LogP contribution in [0.3, 0.4) is 0 Å². The maximum absolute atomic E-state index is 12.1. The van der Waals surface area contributed by atoms with Crippen molar-refractivity contribution in [2.75, 3.05) is 13.1 Å². The van der Waals surface area contributed by atoms with E-state index in [1.807, 2.05) is 25.1 Å². The number of rotatable bonds is 4. The second-order valence-electron chi connectivity index (χ2n) is 4.92. The number of carbonyl (C=O) groups excluding carboxylic acids is 1. The molecule has 1 aromatic rings. The Morgan fingerprint density at radius 2 is 2.16 bits per heavy atom. The van der Waals surface area contributed by atoms with Crippen LogP contribution in [0.1, 0.15) is 41.8 Å². The molecule has 3 heteroatoms. The van der Waals surface area contributed by atoms with E-state index in [0.29, 0.717) is 24.6 Å². The molecule has 102 valence electrons. The Bertz CT molecular complexity index is 495. The van der Waals surface area contributed by atoms with Crippen LogP contribution in [0, 0.1) is 24.7 Å². The van der Waals surface area contributed by atoms with Crippen molar-refractivity contribution < 1.29 is 4.79 Å². The predicted octanol–water partition coefficient (Wildman–Crippen LogP) is 2.08.